The van der Waals surface area contributed by atoms with Gasteiger partial charge in [-0.15, -0.1) is 0 Å². The predicted molar refractivity (Wildman–Crippen MR) is 39.4 cm³/mol. The Morgan fingerprint density at radius 1 is 1.60 bits per heavy atom. The second kappa shape index (κ2) is 5.23. The molecule has 0 aromatic heterocycles. The minimum absolute atomic E-state index is 0.0764. The fourth-order valence-corrected chi connectivity index (χ4v) is 0.854. The van der Waals surface area contributed by atoms with Crippen molar-refractivity contribution in [2.24, 2.45) is 0 Å². The highest BCUT2D eigenvalue weighted by Gasteiger charge is 2.17. The van der Waals surface area contributed by atoms with Crippen molar-refractivity contribution in [1.29, 1.82) is 0 Å². The number of hydrogen-bond acceptors (Lipinski definition) is 2. The zero-order valence-corrected chi connectivity index (χ0v) is 6.63. The van der Waals surface area contributed by atoms with Crippen molar-refractivity contribution >= 4 is 5.91 Å². The molecule has 60 valence electrons. The molecule has 3 nitrogen and oxygen atoms in total. The first kappa shape index (κ1) is 9.43. The van der Waals surface area contributed by atoms with Gasteiger partial charge in [-0.1, -0.05) is 13.8 Å². The highest BCUT2D eigenvalue weighted by Crippen LogP contribution is 2.06. The Bertz CT molecular complexity index is 104. The lowest BCUT2D eigenvalue weighted by Crippen LogP contribution is -2.24. The van der Waals surface area contributed by atoms with E-state index >= 15 is 0 Å². The summed E-state index contributed by atoms with van der Waals surface area (Å²) in [5.74, 6) is 0.0764. The molecular formula is C7H15NO2. The van der Waals surface area contributed by atoms with Gasteiger partial charge in [0.15, 0.2) is 0 Å². The molecule has 10 heavy (non-hydrogen) atoms. The molecule has 1 rings (SSSR count). The van der Waals surface area contributed by atoms with E-state index in [0.717, 1.165) is 13.0 Å². The smallest absolute Gasteiger partial charge is 0.224 e. The van der Waals surface area contributed by atoms with Crippen LogP contribution in [0, 0.1) is 0 Å². The first-order chi connectivity index (χ1) is 4.84. The van der Waals surface area contributed by atoms with Gasteiger partial charge in [-0.05, 0) is 6.42 Å². The molecule has 0 bridgehead atoms. The van der Waals surface area contributed by atoms with Gasteiger partial charge in [0.05, 0.1) is 0 Å². The van der Waals surface area contributed by atoms with Gasteiger partial charge in [0, 0.05) is 13.0 Å². The van der Waals surface area contributed by atoms with Gasteiger partial charge < -0.3 is 10.0 Å². The van der Waals surface area contributed by atoms with Gasteiger partial charge in [-0.25, -0.2) is 0 Å². The van der Waals surface area contributed by atoms with Crippen LogP contribution in [0.2, 0.25) is 0 Å². The second-order valence-corrected chi connectivity index (χ2v) is 1.90. The third-order valence-corrected chi connectivity index (χ3v) is 1.34. The summed E-state index contributed by atoms with van der Waals surface area (Å²) in [5.41, 5.74) is 0. The number of aliphatic hydroxyl groups is 1. The summed E-state index contributed by atoms with van der Waals surface area (Å²) in [6.07, 6.45) is 1.51. The summed E-state index contributed by atoms with van der Waals surface area (Å²) in [5, 5.41) is 8.44. The maximum absolute atomic E-state index is 10.6. The van der Waals surface area contributed by atoms with E-state index in [4.69, 9.17) is 5.11 Å². The molecule has 3 heteroatoms. The number of rotatable bonds is 1. The summed E-state index contributed by atoms with van der Waals surface area (Å²) < 4.78 is 0. The molecule has 1 amide bonds. The highest BCUT2D eigenvalue weighted by molar-refractivity contribution is 5.77. The van der Waals surface area contributed by atoms with Crippen LogP contribution in [0.5, 0.6) is 0 Å². The van der Waals surface area contributed by atoms with E-state index < -0.39 is 0 Å². The highest BCUT2D eigenvalue weighted by atomic mass is 16.3. The van der Waals surface area contributed by atoms with Crippen molar-refractivity contribution in [2.45, 2.75) is 26.7 Å². The molecule has 1 fully saturated rings. The van der Waals surface area contributed by atoms with Crippen molar-refractivity contribution in [3.8, 4) is 0 Å². The minimum atomic E-state index is -0.112. The summed E-state index contributed by atoms with van der Waals surface area (Å²) in [4.78, 5) is 12.0. The van der Waals surface area contributed by atoms with Crippen LogP contribution in [0.15, 0.2) is 0 Å². The Labute approximate surface area is 61.6 Å². The van der Waals surface area contributed by atoms with Crippen LogP contribution >= 0.6 is 0 Å². The molecule has 1 N–H and O–H groups in total. The third kappa shape index (κ3) is 2.35. The summed E-state index contributed by atoms with van der Waals surface area (Å²) >= 11 is 0. The molecule has 1 aliphatic heterocycles. The quantitative estimate of drug-likeness (QED) is 0.586. The summed E-state index contributed by atoms with van der Waals surface area (Å²) in [6.45, 7) is 4.62. The van der Waals surface area contributed by atoms with Gasteiger partial charge in [0.2, 0.25) is 5.91 Å². The molecule has 0 aromatic carbocycles. The molecule has 0 saturated carbocycles. The molecular weight excluding hydrogens is 130 g/mol. The van der Waals surface area contributed by atoms with Crippen LogP contribution in [0.25, 0.3) is 0 Å². The Morgan fingerprint density at radius 2 is 2.20 bits per heavy atom. The fraction of sp³-hybridized carbons (Fsp3) is 0.857. The van der Waals surface area contributed by atoms with E-state index in [2.05, 4.69) is 0 Å². The van der Waals surface area contributed by atoms with E-state index in [1.54, 1.807) is 0 Å². The minimum Gasteiger partial charge on any atom is -0.376 e. The molecule has 0 spiro atoms. The monoisotopic (exact) mass is 145 g/mol. The van der Waals surface area contributed by atoms with Crippen LogP contribution in [-0.4, -0.2) is 29.2 Å². The van der Waals surface area contributed by atoms with Crippen molar-refractivity contribution in [3.63, 3.8) is 0 Å². The molecule has 0 unspecified atom stereocenters. The van der Waals surface area contributed by atoms with Crippen molar-refractivity contribution in [1.82, 2.24) is 4.90 Å². The van der Waals surface area contributed by atoms with Gasteiger partial charge >= 0.3 is 0 Å². The van der Waals surface area contributed by atoms with Crippen molar-refractivity contribution in [3.05, 3.63) is 0 Å². The largest absolute Gasteiger partial charge is 0.376 e. The molecule has 0 radical (unpaired) electrons. The summed E-state index contributed by atoms with van der Waals surface area (Å²) in [7, 11) is 0. The number of likely N-dealkylation sites (tertiary alicyclic amines) is 1. The normalized spacial score (nSPS) is 16.7. The average molecular weight is 145 g/mol. The molecule has 0 aromatic rings. The molecule has 0 aliphatic carbocycles. The lowest BCUT2D eigenvalue weighted by atomic mass is 10.4. The van der Waals surface area contributed by atoms with E-state index in [0.29, 0.717) is 6.42 Å². The molecule has 1 aliphatic rings. The summed E-state index contributed by atoms with van der Waals surface area (Å²) in [6, 6.07) is 0. The van der Waals surface area contributed by atoms with Crippen molar-refractivity contribution < 1.29 is 9.90 Å². The van der Waals surface area contributed by atoms with Gasteiger partial charge in [0.25, 0.3) is 0 Å². The van der Waals surface area contributed by atoms with Crippen molar-refractivity contribution in [2.75, 3.05) is 13.3 Å². The lowest BCUT2D eigenvalue weighted by molar-refractivity contribution is -0.130. The first-order valence-electron chi connectivity index (χ1n) is 3.73. The number of hydrogen-bond donors (Lipinski definition) is 1. The maximum Gasteiger partial charge on any atom is 0.224 e. The maximum atomic E-state index is 10.6. The van der Waals surface area contributed by atoms with Crippen LogP contribution in [0.4, 0.5) is 0 Å². The third-order valence-electron chi connectivity index (χ3n) is 1.34. The number of nitrogens with zero attached hydrogens (tertiary/aromatic N) is 1. The number of aliphatic hydroxyl groups excluding tert-OH is 1. The van der Waals surface area contributed by atoms with E-state index in [1.807, 2.05) is 13.8 Å². The van der Waals surface area contributed by atoms with Crippen LogP contribution < -0.4 is 0 Å². The second-order valence-electron chi connectivity index (χ2n) is 1.90. The van der Waals surface area contributed by atoms with E-state index in [-0.39, 0.29) is 12.6 Å². The SMILES string of the molecule is CC.O=C1CCCN1CO. The van der Waals surface area contributed by atoms with Gasteiger partial charge in [-0.3, -0.25) is 4.79 Å². The molecule has 1 heterocycles. The standard InChI is InChI=1S/C5H9NO2.C2H6/c7-4-6-3-1-2-5(6)8;1-2/h7H,1-4H2;1-2H3. The Kier molecular flexibility index (Phi) is 4.94. The average Bonchev–Trinajstić information content (AvgIpc) is 2.39. The van der Waals surface area contributed by atoms with E-state index in [9.17, 15) is 4.79 Å². The zero-order valence-electron chi connectivity index (χ0n) is 6.63. The Hall–Kier alpha value is -0.570. The number of carbonyl (C=O) groups is 1. The van der Waals surface area contributed by atoms with Crippen LogP contribution in [-0.2, 0) is 4.79 Å². The molecule has 0 atom stereocenters. The topological polar surface area (TPSA) is 40.5 Å². The first-order valence-corrected chi connectivity index (χ1v) is 3.73. The van der Waals surface area contributed by atoms with Crippen LogP contribution in [0.3, 0.4) is 0 Å². The van der Waals surface area contributed by atoms with Gasteiger partial charge in [-0.2, -0.15) is 0 Å². The predicted octanol–water partition coefficient (Wildman–Crippen LogP) is 0.585. The Morgan fingerprint density at radius 3 is 2.40 bits per heavy atom. The van der Waals surface area contributed by atoms with Crippen LogP contribution in [0.1, 0.15) is 26.7 Å². The molecule has 1 saturated heterocycles. The Balaban J connectivity index is 0.000000371. The lowest BCUT2D eigenvalue weighted by Gasteiger charge is -2.08. The van der Waals surface area contributed by atoms with Gasteiger partial charge in [0.1, 0.15) is 6.73 Å². The zero-order chi connectivity index (χ0) is 7.98. The number of carbonyl (C=O) groups excluding carboxylic acids is 1. The fourth-order valence-electron chi connectivity index (χ4n) is 0.854. The van der Waals surface area contributed by atoms with E-state index in [1.165, 1.54) is 4.90 Å². The number of amides is 1.